The van der Waals surface area contributed by atoms with Crippen LogP contribution >= 0.6 is 0 Å². The molecule has 0 atom stereocenters. The summed E-state index contributed by atoms with van der Waals surface area (Å²) >= 11 is 0. The number of para-hydroxylation sites is 2. The number of ether oxygens (including phenoxy) is 1. The predicted molar refractivity (Wildman–Crippen MR) is 115 cm³/mol. The number of aromatic amines is 1. The number of nitrogens with zero attached hydrogens (tertiary/aromatic N) is 3. The molecule has 2 aromatic carbocycles. The van der Waals surface area contributed by atoms with E-state index in [0.717, 1.165) is 47.5 Å². The van der Waals surface area contributed by atoms with Crippen LogP contribution in [0.1, 0.15) is 38.6 Å². The van der Waals surface area contributed by atoms with Crippen molar-refractivity contribution in [2.45, 2.75) is 27.2 Å². The molecule has 29 heavy (non-hydrogen) atoms. The minimum Gasteiger partial charge on any atom is -1.00 e. The number of allylic oxidation sites excluding steroid dienone is 1. The Balaban J connectivity index is 0.00000300. The number of aromatic nitrogens is 2. The molecule has 5 nitrogen and oxygen atoms in total. The predicted octanol–water partition coefficient (Wildman–Crippen LogP) is 2.27. The van der Waals surface area contributed by atoms with Crippen molar-refractivity contribution in [3.8, 4) is 11.8 Å². The van der Waals surface area contributed by atoms with E-state index in [1.165, 1.54) is 0 Å². The number of anilines is 1. The highest BCUT2D eigenvalue weighted by Gasteiger charge is 2.12. The lowest BCUT2D eigenvalue weighted by molar-refractivity contribution is -0.00000651. The van der Waals surface area contributed by atoms with Gasteiger partial charge >= 0.3 is 0 Å². The van der Waals surface area contributed by atoms with Crippen molar-refractivity contribution in [1.29, 1.82) is 5.26 Å². The Hall–Kier alpha value is -2.97. The molecule has 1 aromatic heterocycles. The summed E-state index contributed by atoms with van der Waals surface area (Å²) in [5.41, 5.74) is 4.24. The van der Waals surface area contributed by atoms with Crippen molar-refractivity contribution >= 4 is 28.4 Å². The smallest absolute Gasteiger partial charge is 0.149 e. The largest absolute Gasteiger partial charge is 1.00 e. The van der Waals surface area contributed by atoms with Gasteiger partial charge in [-0.25, -0.2) is 4.98 Å². The zero-order valence-electron chi connectivity index (χ0n) is 17.1. The van der Waals surface area contributed by atoms with E-state index in [2.05, 4.69) is 53.8 Å². The van der Waals surface area contributed by atoms with E-state index in [0.29, 0.717) is 18.0 Å². The number of H-pyrrole nitrogens is 1. The number of imidazole rings is 1. The molecule has 0 saturated carbocycles. The average molecular weight is 410 g/mol. The number of benzene rings is 2. The second-order valence-corrected chi connectivity index (χ2v) is 6.52. The average Bonchev–Trinajstić information content (AvgIpc) is 3.16. The van der Waals surface area contributed by atoms with Gasteiger partial charge in [0.15, 0.2) is 0 Å². The van der Waals surface area contributed by atoms with Crippen LogP contribution in [0.25, 0.3) is 22.7 Å². The van der Waals surface area contributed by atoms with E-state index in [4.69, 9.17) is 4.74 Å². The first-order valence-corrected chi connectivity index (χ1v) is 9.78. The molecular formula is C23H26ClN4O-. The molecule has 0 spiro atoms. The standard InChI is InChI=1S/C23H26N4O.ClH/c1-4-13-28-22-15-19(27(5-2)6-3)12-11-17(22)14-18(16-24)23-25-20-9-7-8-10-21(20)26-23;/h7-12,14-15H,4-6,13H2,1-3H3,(H,25,26);1H/p-1/b18-14+;. The fourth-order valence-electron chi connectivity index (χ4n) is 3.15. The van der Waals surface area contributed by atoms with Crippen molar-refractivity contribution in [3.05, 3.63) is 53.9 Å². The number of nitriles is 1. The molecule has 0 radical (unpaired) electrons. The molecule has 0 fully saturated rings. The van der Waals surface area contributed by atoms with Crippen LogP contribution in [-0.2, 0) is 0 Å². The Kier molecular flexibility index (Phi) is 8.11. The number of rotatable bonds is 8. The maximum absolute atomic E-state index is 9.72. The van der Waals surface area contributed by atoms with Crippen LogP contribution in [0.15, 0.2) is 42.5 Å². The summed E-state index contributed by atoms with van der Waals surface area (Å²) in [5.74, 6) is 1.35. The summed E-state index contributed by atoms with van der Waals surface area (Å²) in [6.45, 7) is 8.86. The highest BCUT2D eigenvalue weighted by Crippen LogP contribution is 2.29. The summed E-state index contributed by atoms with van der Waals surface area (Å²) in [4.78, 5) is 10.0. The van der Waals surface area contributed by atoms with Gasteiger partial charge in [0, 0.05) is 30.4 Å². The molecule has 0 aliphatic heterocycles. The third kappa shape index (κ3) is 5.10. The molecule has 0 bridgehead atoms. The Morgan fingerprint density at radius 1 is 1.17 bits per heavy atom. The van der Waals surface area contributed by atoms with Crippen LogP contribution in [0.3, 0.4) is 0 Å². The topological polar surface area (TPSA) is 64.9 Å². The number of nitrogens with one attached hydrogen (secondary N) is 1. The van der Waals surface area contributed by atoms with Crippen molar-refractivity contribution in [2.75, 3.05) is 24.6 Å². The molecular weight excluding hydrogens is 384 g/mol. The molecule has 6 heteroatoms. The molecule has 1 N–H and O–H groups in total. The summed E-state index contributed by atoms with van der Waals surface area (Å²) in [6, 6.07) is 16.2. The maximum atomic E-state index is 9.72. The van der Waals surface area contributed by atoms with Crippen LogP contribution in [0, 0.1) is 11.3 Å². The number of halogens is 1. The second-order valence-electron chi connectivity index (χ2n) is 6.52. The summed E-state index contributed by atoms with van der Waals surface area (Å²) in [5, 5.41) is 9.72. The highest BCUT2D eigenvalue weighted by atomic mass is 35.5. The molecule has 0 amide bonds. The van der Waals surface area contributed by atoms with Gasteiger partial charge in [-0.1, -0.05) is 19.1 Å². The lowest BCUT2D eigenvalue weighted by Crippen LogP contribution is -3.00. The molecule has 152 valence electrons. The molecule has 3 aromatic rings. The lowest BCUT2D eigenvalue weighted by Gasteiger charge is -2.22. The number of fused-ring (bicyclic) bond motifs is 1. The van der Waals surface area contributed by atoms with Crippen molar-refractivity contribution < 1.29 is 17.1 Å². The Labute approximate surface area is 178 Å². The first-order chi connectivity index (χ1) is 13.7. The lowest BCUT2D eigenvalue weighted by atomic mass is 10.1. The Morgan fingerprint density at radius 2 is 1.93 bits per heavy atom. The molecule has 3 rings (SSSR count). The van der Waals surface area contributed by atoms with Gasteiger partial charge < -0.3 is 27.0 Å². The van der Waals surface area contributed by atoms with Gasteiger partial charge in [0.2, 0.25) is 0 Å². The number of hydrogen-bond donors (Lipinski definition) is 1. The molecule has 1 heterocycles. The Morgan fingerprint density at radius 3 is 2.59 bits per heavy atom. The van der Waals surface area contributed by atoms with E-state index >= 15 is 0 Å². The Bertz CT molecular complexity index is 982. The highest BCUT2D eigenvalue weighted by molar-refractivity contribution is 5.91. The van der Waals surface area contributed by atoms with Gasteiger partial charge in [-0.15, -0.1) is 0 Å². The summed E-state index contributed by atoms with van der Waals surface area (Å²) < 4.78 is 6.00. The van der Waals surface area contributed by atoms with Crippen LogP contribution < -0.4 is 22.0 Å². The van der Waals surface area contributed by atoms with Gasteiger partial charge in [-0.3, -0.25) is 0 Å². The zero-order chi connectivity index (χ0) is 19.9. The van der Waals surface area contributed by atoms with Crippen LogP contribution in [0.4, 0.5) is 5.69 Å². The van der Waals surface area contributed by atoms with Gasteiger partial charge in [0.25, 0.3) is 0 Å². The molecule has 0 aliphatic rings. The van der Waals surface area contributed by atoms with Crippen molar-refractivity contribution in [3.63, 3.8) is 0 Å². The van der Waals surface area contributed by atoms with Crippen LogP contribution in [0.2, 0.25) is 0 Å². The van der Waals surface area contributed by atoms with E-state index in [9.17, 15) is 5.26 Å². The first kappa shape index (κ1) is 22.3. The van der Waals surface area contributed by atoms with Crippen LogP contribution in [-0.4, -0.2) is 29.7 Å². The minimum atomic E-state index is 0. The summed E-state index contributed by atoms with van der Waals surface area (Å²) in [7, 11) is 0. The van der Waals surface area contributed by atoms with Gasteiger partial charge in [-0.05, 0) is 50.6 Å². The summed E-state index contributed by atoms with van der Waals surface area (Å²) in [6.07, 6.45) is 2.77. The quantitative estimate of drug-likeness (QED) is 0.579. The molecule has 0 saturated heterocycles. The van der Waals surface area contributed by atoms with Gasteiger partial charge in [-0.2, -0.15) is 5.26 Å². The minimum absolute atomic E-state index is 0. The third-order valence-corrected chi connectivity index (χ3v) is 4.65. The molecule has 0 aliphatic carbocycles. The van der Waals surface area contributed by atoms with Gasteiger partial charge in [0.1, 0.15) is 17.6 Å². The van der Waals surface area contributed by atoms with Crippen LogP contribution in [0.5, 0.6) is 5.75 Å². The van der Waals surface area contributed by atoms with Crippen molar-refractivity contribution in [2.24, 2.45) is 0 Å². The SMILES string of the molecule is CCCOc1cc(N(CC)CC)ccc1/C=C(\C#N)c1nc2ccccc2[nH]1.[Cl-]. The fraction of sp³-hybridized carbons (Fsp3) is 0.304. The van der Waals surface area contributed by atoms with Crippen molar-refractivity contribution in [1.82, 2.24) is 9.97 Å². The monoisotopic (exact) mass is 409 g/mol. The molecule has 0 unspecified atom stereocenters. The zero-order valence-corrected chi connectivity index (χ0v) is 17.8. The maximum Gasteiger partial charge on any atom is 0.149 e. The first-order valence-electron chi connectivity index (χ1n) is 9.78. The van der Waals surface area contributed by atoms with Gasteiger partial charge in [0.05, 0.1) is 23.2 Å². The van der Waals surface area contributed by atoms with E-state index in [-0.39, 0.29) is 12.4 Å². The van der Waals surface area contributed by atoms with E-state index < -0.39 is 0 Å². The van der Waals surface area contributed by atoms with E-state index in [1.807, 2.05) is 36.4 Å². The normalized spacial score (nSPS) is 11.0. The van der Waals surface area contributed by atoms with E-state index in [1.54, 1.807) is 0 Å². The fourth-order valence-corrected chi connectivity index (χ4v) is 3.15. The second kappa shape index (κ2) is 10.5. The number of hydrogen-bond acceptors (Lipinski definition) is 4. The third-order valence-electron chi connectivity index (χ3n) is 4.65.